The van der Waals surface area contributed by atoms with Gasteiger partial charge in [0.25, 0.3) is 0 Å². The molecular weight excluding hydrogens is 391 g/mol. The fourth-order valence-corrected chi connectivity index (χ4v) is 3.29. The molecule has 30 heavy (non-hydrogen) atoms. The molecule has 1 aliphatic rings. The fourth-order valence-electron chi connectivity index (χ4n) is 3.29. The van der Waals surface area contributed by atoms with Gasteiger partial charge in [0.2, 0.25) is 5.91 Å². The summed E-state index contributed by atoms with van der Waals surface area (Å²) in [7, 11) is 1.73. The highest BCUT2D eigenvalue weighted by Crippen LogP contribution is 2.41. The van der Waals surface area contributed by atoms with Crippen LogP contribution in [-0.4, -0.2) is 22.9 Å². The minimum Gasteiger partial charge on any atom is -0.315 e. The predicted molar refractivity (Wildman–Crippen MR) is 108 cm³/mol. The molecule has 1 aromatic heterocycles. The number of anilines is 1. The molecule has 1 aliphatic carbocycles. The average Bonchev–Trinajstić information content (AvgIpc) is 3.59. The Hall–Kier alpha value is -3.22. The maximum absolute atomic E-state index is 12.8. The first-order valence-corrected chi connectivity index (χ1v) is 9.68. The molecule has 0 spiro atoms. The molecule has 0 aliphatic heterocycles. The van der Waals surface area contributed by atoms with E-state index in [-0.39, 0.29) is 18.2 Å². The first kappa shape index (κ1) is 20.1. The fraction of sp³-hybridized carbons (Fsp3) is 0.261. The van der Waals surface area contributed by atoms with Gasteiger partial charge in [-0.05, 0) is 37.1 Å². The second-order valence-corrected chi connectivity index (χ2v) is 7.42. The SMILES string of the molecule is CN(C(=O)Cc1cnc(-c2ccc(C(F)(F)F)cc2)nc1C1CC1)c1ccccc1. The van der Waals surface area contributed by atoms with Crippen molar-refractivity contribution < 1.29 is 18.0 Å². The molecule has 0 saturated heterocycles. The van der Waals surface area contributed by atoms with Crippen LogP contribution in [0.15, 0.2) is 60.8 Å². The minimum absolute atomic E-state index is 0.0750. The van der Waals surface area contributed by atoms with Gasteiger partial charge in [0.15, 0.2) is 5.82 Å². The van der Waals surface area contributed by atoms with E-state index in [4.69, 9.17) is 0 Å². The predicted octanol–water partition coefficient (Wildman–Crippen LogP) is 5.25. The number of carbonyl (C=O) groups is 1. The number of amides is 1. The summed E-state index contributed by atoms with van der Waals surface area (Å²) >= 11 is 0. The van der Waals surface area contributed by atoms with Crippen molar-refractivity contribution in [1.82, 2.24) is 9.97 Å². The van der Waals surface area contributed by atoms with E-state index in [1.54, 1.807) is 18.1 Å². The molecule has 0 N–H and O–H groups in total. The number of likely N-dealkylation sites (N-methyl/N-ethyl adjacent to an activating group) is 1. The van der Waals surface area contributed by atoms with Crippen molar-refractivity contribution in [2.75, 3.05) is 11.9 Å². The van der Waals surface area contributed by atoms with Crippen LogP contribution in [0.25, 0.3) is 11.4 Å². The molecule has 7 heteroatoms. The number of halogens is 3. The first-order valence-electron chi connectivity index (χ1n) is 9.68. The normalized spacial score (nSPS) is 13.9. The summed E-state index contributed by atoms with van der Waals surface area (Å²) in [6.45, 7) is 0. The van der Waals surface area contributed by atoms with Crippen LogP contribution in [0.2, 0.25) is 0 Å². The van der Waals surface area contributed by atoms with Gasteiger partial charge in [0.05, 0.1) is 17.7 Å². The Morgan fingerprint density at radius 1 is 1.07 bits per heavy atom. The van der Waals surface area contributed by atoms with Gasteiger partial charge in [-0.2, -0.15) is 13.2 Å². The zero-order valence-corrected chi connectivity index (χ0v) is 16.4. The third-order valence-corrected chi connectivity index (χ3v) is 5.19. The van der Waals surface area contributed by atoms with Crippen LogP contribution in [0.4, 0.5) is 18.9 Å². The molecule has 0 atom stereocenters. The molecule has 1 heterocycles. The highest BCUT2D eigenvalue weighted by atomic mass is 19.4. The summed E-state index contributed by atoms with van der Waals surface area (Å²) in [6.07, 6.45) is -0.610. The number of rotatable bonds is 5. The van der Waals surface area contributed by atoms with E-state index in [0.717, 1.165) is 41.9 Å². The van der Waals surface area contributed by atoms with Gasteiger partial charge >= 0.3 is 6.18 Å². The largest absolute Gasteiger partial charge is 0.416 e. The Bertz CT molecular complexity index is 1050. The maximum Gasteiger partial charge on any atom is 0.416 e. The van der Waals surface area contributed by atoms with E-state index in [0.29, 0.717) is 11.4 Å². The van der Waals surface area contributed by atoms with Crippen LogP contribution in [0.3, 0.4) is 0 Å². The van der Waals surface area contributed by atoms with Crippen molar-refractivity contribution >= 4 is 11.6 Å². The van der Waals surface area contributed by atoms with Gasteiger partial charge < -0.3 is 4.90 Å². The molecule has 4 nitrogen and oxygen atoms in total. The Morgan fingerprint density at radius 3 is 2.33 bits per heavy atom. The lowest BCUT2D eigenvalue weighted by Gasteiger charge is -2.18. The van der Waals surface area contributed by atoms with Crippen molar-refractivity contribution in [1.29, 1.82) is 0 Å². The summed E-state index contributed by atoms with van der Waals surface area (Å²) in [6, 6.07) is 14.2. The Balaban J connectivity index is 1.58. The van der Waals surface area contributed by atoms with E-state index >= 15 is 0 Å². The summed E-state index contributed by atoms with van der Waals surface area (Å²) < 4.78 is 38.4. The number of alkyl halides is 3. The number of benzene rings is 2. The van der Waals surface area contributed by atoms with E-state index in [1.807, 2.05) is 30.3 Å². The Labute approximate surface area is 172 Å². The molecule has 0 unspecified atom stereocenters. The minimum atomic E-state index is -4.38. The van der Waals surface area contributed by atoms with Crippen molar-refractivity contribution in [3.63, 3.8) is 0 Å². The van der Waals surface area contributed by atoms with Crippen LogP contribution >= 0.6 is 0 Å². The molecular formula is C23H20F3N3O. The van der Waals surface area contributed by atoms with Gasteiger partial charge in [0.1, 0.15) is 0 Å². The molecule has 3 aromatic rings. The number of para-hydroxylation sites is 1. The smallest absolute Gasteiger partial charge is 0.315 e. The molecule has 154 valence electrons. The number of carbonyl (C=O) groups excluding carboxylic acids is 1. The maximum atomic E-state index is 12.8. The van der Waals surface area contributed by atoms with E-state index in [9.17, 15) is 18.0 Å². The number of aromatic nitrogens is 2. The molecule has 1 amide bonds. The summed E-state index contributed by atoms with van der Waals surface area (Å²) in [5.74, 6) is 0.568. The lowest BCUT2D eigenvalue weighted by Crippen LogP contribution is -2.28. The van der Waals surface area contributed by atoms with Crippen molar-refractivity contribution in [3.8, 4) is 11.4 Å². The van der Waals surface area contributed by atoms with Crippen molar-refractivity contribution in [2.24, 2.45) is 0 Å². The first-order chi connectivity index (χ1) is 14.3. The monoisotopic (exact) mass is 411 g/mol. The molecule has 1 saturated carbocycles. The lowest BCUT2D eigenvalue weighted by molar-refractivity contribution is -0.137. The van der Waals surface area contributed by atoms with Gasteiger partial charge in [-0.15, -0.1) is 0 Å². The van der Waals surface area contributed by atoms with Gasteiger partial charge in [-0.3, -0.25) is 4.79 Å². The van der Waals surface area contributed by atoms with Gasteiger partial charge in [-0.25, -0.2) is 9.97 Å². The standard InChI is InChI=1S/C23H20F3N3O/c1-29(19-5-3-2-4-6-19)20(30)13-17-14-27-22(28-21(17)15-7-8-15)16-9-11-18(12-10-16)23(24,25)26/h2-6,9-12,14-15H,7-8,13H2,1H3. The van der Waals surface area contributed by atoms with E-state index < -0.39 is 11.7 Å². The third-order valence-electron chi connectivity index (χ3n) is 5.19. The average molecular weight is 411 g/mol. The summed E-state index contributed by atoms with van der Waals surface area (Å²) in [4.78, 5) is 23.3. The second kappa shape index (κ2) is 7.89. The van der Waals surface area contributed by atoms with Crippen LogP contribution in [0, 0.1) is 0 Å². The van der Waals surface area contributed by atoms with E-state index in [1.165, 1.54) is 12.1 Å². The Kier molecular flexibility index (Phi) is 5.28. The number of hydrogen-bond donors (Lipinski definition) is 0. The second-order valence-electron chi connectivity index (χ2n) is 7.42. The van der Waals surface area contributed by atoms with Crippen molar-refractivity contribution in [3.05, 3.63) is 77.6 Å². The molecule has 4 rings (SSSR count). The molecule has 0 radical (unpaired) electrons. The van der Waals surface area contributed by atoms with Crippen LogP contribution in [-0.2, 0) is 17.4 Å². The summed E-state index contributed by atoms with van der Waals surface area (Å²) in [5, 5.41) is 0. The van der Waals surface area contributed by atoms with Gasteiger partial charge in [-0.1, -0.05) is 30.3 Å². The van der Waals surface area contributed by atoms with Crippen LogP contribution < -0.4 is 4.90 Å². The third kappa shape index (κ3) is 4.35. The molecule has 2 aromatic carbocycles. The highest BCUT2D eigenvalue weighted by molar-refractivity contribution is 5.94. The zero-order valence-electron chi connectivity index (χ0n) is 16.4. The zero-order chi connectivity index (χ0) is 21.3. The summed E-state index contributed by atoms with van der Waals surface area (Å²) in [5.41, 5.74) is 2.19. The number of hydrogen-bond acceptors (Lipinski definition) is 3. The lowest BCUT2D eigenvalue weighted by atomic mass is 10.1. The Morgan fingerprint density at radius 2 is 1.73 bits per heavy atom. The number of nitrogens with zero attached hydrogens (tertiary/aromatic N) is 3. The highest BCUT2D eigenvalue weighted by Gasteiger charge is 2.31. The van der Waals surface area contributed by atoms with Crippen LogP contribution in [0.5, 0.6) is 0 Å². The van der Waals surface area contributed by atoms with E-state index in [2.05, 4.69) is 9.97 Å². The van der Waals surface area contributed by atoms with Gasteiger partial charge in [0, 0.05) is 36.0 Å². The van der Waals surface area contributed by atoms with Crippen molar-refractivity contribution in [2.45, 2.75) is 31.4 Å². The quantitative estimate of drug-likeness (QED) is 0.576. The topological polar surface area (TPSA) is 46.1 Å². The van der Waals surface area contributed by atoms with Crippen LogP contribution in [0.1, 0.15) is 35.6 Å². The molecule has 1 fully saturated rings. The molecule has 0 bridgehead atoms.